The van der Waals surface area contributed by atoms with Crippen LogP contribution in [0.25, 0.3) is 0 Å². The lowest BCUT2D eigenvalue weighted by Gasteiger charge is -1.87. The van der Waals surface area contributed by atoms with Crippen molar-refractivity contribution in [2.45, 2.75) is 33.1 Å². The van der Waals surface area contributed by atoms with E-state index in [-0.39, 0.29) is 0 Å². The Labute approximate surface area is 45.2 Å². The number of hydrogen-bond acceptors (Lipinski definition) is 0. The molecule has 0 saturated carbocycles. The highest BCUT2D eigenvalue weighted by Crippen LogP contribution is 2.23. The Morgan fingerprint density at radius 3 is 1.57 bits per heavy atom. The van der Waals surface area contributed by atoms with Crippen LogP contribution in [-0.4, -0.2) is 0 Å². The first-order valence-electron chi connectivity index (χ1n) is 2.96. The molecule has 0 spiro atoms. The Kier molecular flexibility index (Phi) is 1.18. The molecule has 0 fully saturated rings. The maximum atomic E-state index is 2.24. The molecule has 1 aliphatic carbocycles. The molecule has 0 aromatic rings. The van der Waals surface area contributed by atoms with E-state index in [4.69, 9.17) is 0 Å². The third kappa shape index (κ3) is 0.846. The van der Waals surface area contributed by atoms with Gasteiger partial charge < -0.3 is 0 Å². The van der Waals surface area contributed by atoms with Crippen LogP contribution < -0.4 is 0 Å². The Hall–Kier alpha value is -0.260. The maximum Gasteiger partial charge on any atom is -0.0317 e. The summed E-state index contributed by atoms with van der Waals surface area (Å²) in [6.07, 6.45) is 4.11. The van der Waals surface area contributed by atoms with Crippen molar-refractivity contribution in [1.29, 1.82) is 0 Å². The summed E-state index contributed by atoms with van der Waals surface area (Å²) in [7, 11) is 0. The van der Waals surface area contributed by atoms with Crippen molar-refractivity contribution >= 4 is 0 Å². The summed E-state index contributed by atoms with van der Waals surface area (Å²) in [5.74, 6) is 0. The zero-order valence-electron chi connectivity index (χ0n) is 5.12. The number of rotatable bonds is 0. The van der Waals surface area contributed by atoms with Gasteiger partial charge in [-0.3, -0.25) is 0 Å². The van der Waals surface area contributed by atoms with Crippen molar-refractivity contribution in [3.63, 3.8) is 0 Å². The molecule has 0 atom stereocenters. The maximum absolute atomic E-state index is 2.24. The molecule has 7 heavy (non-hydrogen) atoms. The van der Waals surface area contributed by atoms with E-state index < -0.39 is 0 Å². The van der Waals surface area contributed by atoms with Gasteiger partial charge in [0.15, 0.2) is 0 Å². The van der Waals surface area contributed by atoms with Crippen molar-refractivity contribution in [1.82, 2.24) is 0 Å². The Morgan fingerprint density at radius 2 is 1.43 bits per heavy atom. The zero-order chi connectivity index (χ0) is 5.28. The fourth-order valence-corrected chi connectivity index (χ4v) is 1.05. The molecule has 40 valence electrons. The minimum atomic E-state index is 1.35. The van der Waals surface area contributed by atoms with Crippen molar-refractivity contribution in [3.05, 3.63) is 11.1 Å². The highest BCUT2D eigenvalue weighted by atomic mass is 14.1. The predicted octanol–water partition coefficient (Wildman–Crippen LogP) is 2.51. The second-order valence-corrected chi connectivity index (χ2v) is 2.41. The van der Waals surface area contributed by atoms with Crippen molar-refractivity contribution in [2.75, 3.05) is 0 Å². The van der Waals surface area contributed by atoms with Gasteiger partial charge in [0, 0.05) is 0 Å². The average Bonchev–Trinajstić information content (AvgIpc) is 1.91. The monoisotopic (exact) mass is 96.1 g/mol. The van der Waals surface area contributed by atoms with Crippen molar-refractivity contribution in [3.8, 4) is 0 Å². The summed E-state index contributed by atoms with van der Waals surface area (Å²) in [4.78, 5) is 0. The first-order valence-corrected chi connectivity index (χ1v) is 2.96. The fraction of sp³-hybridized carbons (Fsp3) is 0.714. The minimum absolute atomic E-state index is 1.35. The summed E-state index contributed by atoms with van der Waals surface area (Å²) >= 11 is 0. The summed E-state index contributed by atoms with van der Waals surface area (Å²) in [6, 6.07) is 0. The second-order valence-electron chi connectivity index (χ2n) is 2.41. The molecule has 0 radical (unpaired) electrons. The van der Waals surface area contributed by atoms with E-state index in [2.05, 4.69) is 13.8 Å². The van der Waals surface area contributed by atoms with Gasteiger partial charge in [-0.15, -0.1) is 0 Å². The normalized spacial score (nSPS) is 21.4. The predicted molar refractivity (Wildman–Crippen MR) is 32.2 cm³/mol. The van der Waals surface area contributed by atoms with Gasteiger partial charge in [0.05, 0.1) is 0 Å². The summed E-state index contributed by atoms with van der Waals surface area (Å²) < 4.78 is 0. The third-order valence-corrected chi connectivity index (χ3v) is 1.83. The molecule has 0 saturated heterocycles. The van der Waals surface area contributed by atoms with Gasteiger partial charge in [-0.05, 0) is 33.1 Å². The van der Waals surface area contributed by atoms with Crippen LogP contribution in [0.15, 0.2) is 11.1 Å². The second kappa shape index (κ2) is 1.69. The number of hydrogen-bond donors (Lipinski definition) is 0. The Morgan fingerprint density at radius 1 is 1.00 bits per heavy atom. The van der Waals surface area contributed by atoms with Crippen LogP contribution in [0.4, 0.5) is 0 Å². The highest BCUT2D eigenvalue weighted by molar-refractivity contribution is 5.14. The molecule has 0 nitrogen and oxygen atoms in total. The largest absolute Gasteiger partial charge is 0.0744 e. The van der Waals surface area contributed by atoms with Gasteiger partial charge in [0.25, 0.3) is 0 Å². The van der Waals surface area contributed by atoms with Gasteiger partial charge in [-0.25, -0.2) is 0 Å². The molecule has 0 N–H and O–H groups in total. The topological polar surface area (TPSA) is 0 Å². The van der Waals surface area contributed by atoms with E-state index >= 15 is 0 Å². The summed E-state index contributed by atoms with van der Waals surface area (Å²) in [6.45, 7) is 4.48. The molecule has 0 amide bonds. The van der Waals surface area contributed by atoms with E-state index in [9.17, 15) is 0 Å². The van der Waals surface area contributed by atoms with E-state index in [0.29, 0.717) is 0 Å². The van der Waals surface area contributed by atoms with Gasteiger partial charge in [-0.2, -0.15) is 0 Å². The van der Waals surface area contributed by atoms with Gasteiger partial charge in [-0.1, -0.05) is 11.1 Å². The molecule has 0 aliphatic heterocycles. The zero-order valence-corrected chi connectivity index (χ0v) is 5.12. The first kappa shape index (κ1) is 4.89. The molecule has 0 aromatic heterocycles. The van der Waals surface area contributed by atoms with E-state index in [0.717, 1.165) is 0 Å². The van der Waals surface area contributed by atoms with E-state index in [1.54, 1.807) is 11.1 Å². The van der Waals surface area contributed by atoms with Crippen LogP contribution in [0.2, 0.25) is 0 Å². The van der Waals surface area contributed by atoms with E-state index in [1.165, 1.54) is 19.3 Å². The van der Waals surface area contributed by atoms with Gasteiger partial charge in [0.2, 0.25) is 0 Å². The molecular formula is C7H12. The molecule has 0 unspecified atom stereocenters. The van der Waals surface area contributed by atoms with Crippen molar-refractivity contribution < 1.29 is 0 Å². The lowest BCUT2D eigenvalue weighted by Crippen LogP contribution is -1.66. The summed E-state index contributed by atoms with van der Waals surface area (Å²) in [5, 5.41) is 0. The van der Waals surface area contributed by atoms with Gasteiger partial charge >= 0.3 is 0 Å². The Balaban J connectivity index is 2.64. The lowest BCUT2D eigenvalue weighted by atomic mass is 10.2. The SMILES string of the molecule is CC1=C(C)CCC1. The molecule has 0 heteroatoms. The van der Waals surface area contributed by atoms with E-state index in [1.807, 2.05) is 0 Å². The number of allylic oxidation sites excluding steroid dienone is 2. The lowest BCUT2D eigenvalue weighted by molar-refractivity contribution is 0.893. The third-order valence-electron chi connectivity index (χ3n) is 1.83. The first-order chi connectivity index (χ1) is 3.30. The molecule has 0 bridgehead atoms. The fourth-order valence-electron chi connectivity index (χ4n) is 1.05. The smallest absolute Gasteiger partial charge is 0.0317 e. The minimum Gasteiger partial charge on any atom is -0.0744 e. The average molecular weight is 96.2 g/mol. The molecular weight excluding hydrogens is 84.1 g/mol. The standard InChI is InChI=1S/C7H12/c1-6-4-3-5-7(6)2/h3-5H2,1-2H3. The Bertz CT molecular complexity index is 86.6. The van der Waals surface area contributed by atoms with Crippen molar-refractivity contribution in [2.24, 2.45) is 0 Å². The molecule has 0 aromatic carbocycles. The quantitative estimate of drug-likeness (QED) is 0.406. The van der Waals surface area contributed by atoms with Crippen LogP contribution in [0, 0.1) is 0 Å². The highest BCUT2D eigenvalue weighted by Gasteiger charge is 2.03. The van der Waals surface area contributed by atoms with Crippen LogP contribution in [0.3, 0.4) is 0 Å². The van der Waals surface area contributed by atoms with Crippen LogP contribution in [0.1, 0.15) is 33.1 Å². The molecule has 0 heterocycles. The summed E-state index contributed by atoms with van der Waals surface area (Å²) in [5.41, 5.74) is 3.25. The van der Waals surface area contributed by atoms with Crippen LogP contribution in [-0.2, 0) is 0 Å². The van der Waals surface area contributed by atoms with Gasteiger partial charge in [0.1, 0.15) is 0 Å². The van der Waals surface area contributed by atoms with Crippen LogP contribution >= 0.6 is 0 Å². The van der Waals surface area contributed by atoms with Crippen LogP contribution in [0.5, 0.6) is 0 Å². The molecule has 1 rings (SSSR count). The molecule has 1 aliphatic rings.